The van der Waals surface area contributed by atoms with Crippen molar-refractivity contribution in [3.05, 3.63) is 23.3 Å². The van der Waals surface area contributed by atoms with Crippen LogP contribution in [0, 0.1) is 6.92 Å². The number of hydrogen-bond donors (Lipinski definition) is 2. The summed E-state index contributed by atoms with van der Waals surface area (Å²) >= 11 is 0. The highest BCUT2D eigenvalue weighted by molar-refractivity contribution is 5.80. The van der Waals surface area contributed by atoms with Gasteiger partial charge >= 0.3 is 0 Å². The van der Waals surface area contributed by atoms with Crippen molar-refractivity contribution in [1.29, 1.82) is 0 Å². The molecule has 1 aromatic rings. The Kier molecular flexibility index (Phi) is 7.64. The summed E-state index contributed by atoms with van der Waals surface area (Å²) in [6, 6.07) is 4.99. The quantitative estimate of drug-likeness (QED) is 0.705. The molecule has 3 atom stereocenters. The highest BCUT2D eigenvalue weighted by atomic mass is 16.5. The zero-order chi connectivity index (χ0) is 21.8. The van der Waals surface area contributed by atoms with Crippen LogP contribution in [0.25, 0.3) is 0 Å². The number of aryl methyl sites for hydroxylation is 1. The molecule has 0 aliphatic carbocycles. The lowest BCUT2D eigenvalue weighted by Gasteiger charge is -2.42. The van der Waals surface area contributed by atoms with Crippen molar-refractivity contribution in [2.45, 2.75) is 71.6 Å². The second-order valence-corrected chi connectivity index (χ2v) is 9.31. The Morgan fingerprint density at radius 2 is 1.63 bits per heavy atom. The molecule has 168 valence electrons. The third-order valence-electron chi connectivity index (χ3n) is 7.31. The zero-order valence-electron chi connectivity index (χ0n) is 19.7. The number of methoxy groups -OCH3 is 2. The van der Waals surface area contributed by atoms with Crippen LogP contribution in [-0.2, 0) is 11.3 Å². The number of nitrogens with zero attached hydrogens (tertiary/aromatic N) is 1. The van der Waals surface area contributed by atoms with Gasteiger partial charge in [0.2, 0.25) is 0 Å². The van der Waals surface area contributed by atoms with Gasteiger partial charge in [0.05, 0.1) is 14.2 Å². The Labute approximate surface area is 182 Å². The number of amides is 1. The number of carbonyl (C=O) groups is 1. The third-order valence-corrected chi connectivity index (χ3v) is 7.31. The summed E-state index contributed by atoms with van der Waals surface area (Å²) in [4.78, 5) is 18.4. The van der Waals surface area contributed by atoms with E-state index in [0.29, 0.717) is 18.0 Å². The van der Waals surface area contributed by atoms with Crippen LogP contribution in [-0.4, -0.2) is 69.3 Å². The topological polar surface area (TPSA) is 47.7 Å². The van der Waals surface area contributed by atoms with Crippen molar-refractivity contribution in [1.82, 2.24) is 4.90 Å². The Hall–Kier alpha value is -1.79. The third kappa shape index (κ3) is 4.92. The molecule has 2 fully saturated rings. The average Bonchev–Trinajstić information content (AvgIpc) is 2.74. The minimum Gasteiger partial charge on any atom is -0.493 e. The van der Waals surface area contributed by atoms with Gasteiger partial charge in [-0.1, -0.05) is 0 Å². The van der Waals surface area contributed by atoms with Crippen molar-refractivity contribution in [3.63, 3.8) is 0 Å². The molecule has 3 rings (SSSR count). The Balaban J connectivity index is 1.58. The van der Waals surface area contributed by atoms with Crippen LogP contribution in [0.2, 0.25) is 0 Å². The number of piperidine rings is 1. The first kappa shape index (κ1) is 22.9. The number of quaternary nitrogens is 2. The molecule has 6 heteroatoms. The number of piperazine rings is 1. The second kappa shape index (κ2) is 10.0. The molecular weight excluding hydrogens is 378 g/mol. The highest BCUT2D eigenvalue weighted by Crippen LogP contribution is 2.30. The van der Waals surface area contributed by atoms with Gasteiger partial charge in [0, 0.05) is 17.6 Å². The first-order chi connectivity index (χ1) is 14.3. The van der Waals surface area contributed by atoms with E-state index in [1.807, 2.05) is 0 Å². The molecule has 2 heterocycles. The highest BCUT2D eigenvalue weighted by Gasteiger charge is 2.38. The molecular formula is C24H41N3O3+2. The molecule has 2 aliphatic heterocycles. The number of carbonyl (C=O) groups excluding carboxylic acids is 1. The standard InChI is InChI=1S/C24H39N3O3/c1-17-14-22(29-5)23(30-6)15-21(17)16-25-10-12-26(13-11-25)20(4)24(28)27-18(2)8-7-9-19(27)3/h14-15,18-20H,7-13,16H2,1-6H3/p+2/t18-,19+,20-/m0/s1. The molecule has 0 saturated carbocycles. The molecule has 0 spiro atoms. The largest absolute Gasteiger partial charge is 0.493 e. The average molecular weight is 420 g/mol. The Morgan fingerprint density at radius 1 is 1.07 bits per heavy atom. The van der Waals surface area contributed by atoms with E-state index in [0.717, 1.165) is 57.1 Å². The zero-order valence-corrected chi connectivity index (χ0v) is 19.7. The van der Waals surface area contributed by atoms with E-state index < -0.39 is 0 Å². The summed E-state index contributed by atoms with van der Waals surface area (Å²) < 4.78 is 10.9. The van der Waals surface area contributed by atoms with Crippen LogP contribution in [0.5, 0.6) is 11.5 Å². The van der Waals surface area contributed by atoms with Gasteiger partial charge in [-0.3, -0.25) is 4.79 Å². The maximum atomic E-state index is 13.2. The molecule has 1 aromatic carbocycles. The lowest BCUT2D eigenvalue weighted by atomic mass is 9.96. The molecule has 2 aliphatic rings. The molecule has 6 nitrogen and oxygen atoms in total. The summed E-state index contributed by atoms with van der Waals surface area (Å²) in [5.74, 6) is 1.94. The summed E-state index contributed by atoms with van der Waals surface area (Å²) in [7, 11) is 3.37. The second-order valence-electron chi connectivity index (χ2n) is 9.31. The minimum absolute atomic E-state index is 0.0531. The van der Waals surface area contributed by atoms with Crippen LogP contribution in [0.15, 0.2) is 12.1 Å². The number of likely N-dealkylation sites (tertiary alicyclic amines) is 1. The molecule has 2 saturated heterocycles. The number of nitrogens with one attached hydrogen (secondary N) is 2. The molecule has 0 radical (unpaired) electrons. The predicted octanol–water partition coefficient (Wildman–Crippen LogP) is 0.474. The summed E-state index contributed by atoms with van der Waals surface area (Å²) in [5.41, 5.74) is 2.55. The lowest BCUT2D eigenvalue weighted by Crippen LogP contribution is -3.29. The fourth-order valence-electron chi connectivity index (χ4n) is 5.27. The van der Waals surface area contributed by atoms with Crippen molar-refractivity contribution < 1.29 is 24.1 Å². The van der Waals surface area contributed by atoms with E-state index in [9.17, 15) is 4.79 Å². The summed E-state index contributed by atoms with van der Waals surface area (Å²) in [6.07, 6.45) is 3.52. The van der Waals surface area contributed by atoms with Crippen molar-refractivity contribution in [2.24, 2.45) is 0 Å². The van der Waals surface area contributed by atoms with Gasteiger partial charge < -0.3 is 24.2 Å². The molecule has 2 N–H and O–H groups in total. The van der Waals surface area contributed by atoms with Crippen molar-refractivity contribution in [3.8, 4) is 11.5 Å². The van der Waals surface area contributed by atoms with Crippen LogP contribution in [0.4, 0.5) is 0 Å². The molecule has 1 amide bonds. The fraction of sp³-hybridized carbons (Fsp3) is 0.708. The van der Waals surface area contributed by atoms with Crippen LogP contribution < -0.4 is 19.3 Å². The van der Waals surface area contributed by atoms with Crippen LogP contribution in [0.1, 0.15) is 51.2 Å². The first-order valence-electron chi connectivity index (χ1n) is 11.6. The smallest absolute Gasteiger partial charge is 0.281 e. The predicted molar refractivity (Wildman–Crippen MR) is 118 cm³/mol. The Bertz CT molecular complexity index is 721. The first-order valence-corrected chi connectivity index (χ1v) is 11.6. The lowest BCUT2D eigenvalue weighted by molar-refractivity contribution is -1.02. The van der Waals surface area contributed by atoms with Crippen molar-refractivity contribution >= 4 is 5.91 Å². The number of hydrogen-bond acceptors (Lipinski definition) is 3. The van der Waals surface area contributed by atoms with Crippen molar-refractivity contribution in [2.75, 3.05) is 40.4 Å². The molecule has 0 unspecified atom stereocenters. The fourth-order valence-corrected chi connectivity index (χ4v) is 5.27. The molecule has 0 bridgehead atoms. The van der Waals surface area contributed by atoms with Gasteiger partial charge in [-0.05, 0) is 64.7 Å². The number of benzene rings is 1. The maximum Gasteiger partial charge on any atom is 0.281 e. The molecule has 30 heavy (non-hydrogen) atoms. The molecule has 0 aromatic heterocycles. The Morgan fingerprint density at radius 3 is 2.20 bits per heavy atom. The monoisotopic (exact) mass is 419 g/mol. The van der Waals surface area contributed by atoms with Crippen LogP contribution >= 0.6 is 0 Å². The van der Waals surface area contributed by atoms with Gasteiger partial charge in [-0.2, -0.15) is 0 Å². The van der Waals surface area contributed by atoms with E-state index in [2.05, 4.69) is 44.7 Å². The van der Waals surface area contributed by atoms with Gasteiger partial charge in [-0.25, -0.2) is 0 Å². The number of ether oxygens (including phenoxy) is 2. The van der Waals surface area contributed by atoms with E-state index in [-0.39, 0.29) is 6.04 Å². The SMILES string of the molecule is COc1cc(C)c(C[NH+]2CC[NH+]([C@@H](C)C(=O)N3[C@H](C)CCC[C@@H]3C)CC2)cc1OC. The summed E-state index contributed by atoms with van der Waals surface area (Å²) in [6.45, 7) is 14.0. The van der Waals surface area contributed by atoms with Crippen LogP contribution in [0.3, 0.4) is 0 Å². The van der Waals surface area contributed by atoms with E-state index in [1.165, 1.54) is 22.4 Å². The van der Waals surface area contributed by atoms with Gasteiger partial charge in [0.1, 0.15) is 32.7 Å². The normalized spacial score (nSPS) is 28.1. The van der Waals surface area contributed by atoms with E-state index in [4.69, 9.17) is 9.47 Å². The van der Waals surface area contributed by atoms with E-state index in [1.54, 1.807) is 19.1 Å². The number of rotatable bonds is 6. The van der Waals surface area contributed by atoms with Gasteiger partial charge in [0.25, 0.3) is 5.91 Å². The maximum absolute atomic E-state index is 13.2. The van der Waals surface area contributed by atoms with Gasteiger partial charge in [0.15, 0.2) is 17.5 Å². The van der Waals surface area contributed by atoms with Gasteiger partial charge in [-0.15, -0.1) is 0 Å². The minimum atomic E-state index is 0.0531. The summed E-state index contributed by atoms with van der Waals surface area (Å²) in [5, 5.41) is 0. The van der Waals surface area contributed by atoms with E-state index >= 15 is 0 Å².